The van der Waals surface area contributed by atoms with Crippen LogP contribution in [0.5, 0.6) is 0 Å². The highest BCUT2D eigenvalue weighted by atomic mass is 16.5. The Morgan fingerprint density at radius 3 is 2.65 bits per heavy atom. The van der Waals surface area contributed by atoms with Crippen molar-refractivity contribution in [1.82, 2.24) is 5.32 Å². The zero-order valence-corrected chi connectivity index (χ0v) is 10.4. The van der Waals surface area contributed by atoms with Gasteiger partial charge in [-0.2, -0.15) is 0 Å². The molecule has 0 bridgehead atoms. The molecule has 1 aromatic rings. The number of hydrogen-bond donors (Lipinski definition) is 1. The van der Waals surface area contributed by atoms with Crippen LogP contribution in [-0.2, 0) is 9.47 Å². The second kappa shape index (κ2) is 8.93. The first-order valence-electron chi connectivity index (χ1n) is 5.85. The third-order valence-electron chi connectivity index (χ3n) is 2.38. The maximum atomic E-state index is 5.34. The Hall–Kier alpha value is -1.16. The van der Waals surface area contributed by atoms with Crippen LogP contribution in [0.3, 0.4) is 0 Å². The average Bonchev–Trinajstić information content (AvgIpc) is 2.38. The molecule has 0 atom stereocenters. The normalized spacial score (nSPS) is 10.4. The van der Waals surface area contributed by atoms with Crippen LogP contribution < -0.4 is 5.32 Å². The summed E-state index contributed by atoms with van der Waals surface area (Å²) >= 11 is 0. The lowest BCUT2D eigenvalue weighted by atomic mass is 10.1. The van der Waals surface area contributed by atoms with Gasteiger partial charge in [-0.1, -0.05) is 36.9 Å². The van der Waals surface area contributed by atoms with Crippen molar-refractivity contribution in [1.29, 1.82) is 0 Å². The van der Waals surface area contributed by atoms with E-state index < -0.39 is 0 Å². The quantitative estimate of drug-likeness (QED) is 0.664. The molecule has 0 fully saturated rings. The molecule has 0 aromatic heterocycles. The van der Waals surface area contributed by atoms with Gasteiger partial charge in [0.25, 0.3) is 0 Å². The molecule has 0 radical (unpaired) electrons. The van der Waals surface area contributed by atoms with E-state index in [2.05, 4.69) is 24.0 Å². The fourth-order valence-electron chi connectivity index (χ4n) is 1.40. The molecule has 0 aliphatic carbocycles. The molecule has 0 saturated carbocycles. The van der Waals surface area contributed by atoms with Crippen LogP contribution in [0.2, 0.25) is 0 Å². The Bertz CT molecular complexity index is 311. The van der Waals surface area contributed by atoms with E-state index in [-0.39, 0.29) is 0 Å². The van der Waals surface area contributed by atoms with Crippen LogP contribution >= 0.6 is 0 Å². The predicted molar refractivity (Wildman–Crippen MR) is 71.0 cm³/mol. The van der Waals surface area contributed by atoms with Gasteiger partial charge in [0, 0.05) is 20.2 Å². The number of benzene rings is 1. The maximum absolute atomic E-state index is 5.34. The van der Waals surface area contributed by atoms with Crippen molar-refractivity contribution >= 4 is 5.57 Å². The predicted octanol–water partition coefficient (Wildman–Crippen LogP) is 1.95. The van der Waals surface area contributed by atoms with E-state index >= 15 is 0 Å². The summed E-state index contributed by atoms with van der Waals surface area (Å²) in [6.07, 6.45) is 0. The molecule has 0 unspecified atom stereocenters. The van der Waals surface area contributed by atoms with Crippen molar-refractivity contribution in [3.05, 3.63) is 42.5 Å². The molecule has 0 heterocycles. The molecule has 1 N–H and O–H groups in total. The highest BCUT2D eigenvalue weighted by molar-refractivity contribution is 5.64. The Morgan fingerprint density at radius 1 is 1.18 bits per heavy atom. The van der Waals surface area contributed by atoms with Crippen molar-refractivity contribution < 1.29 is 9.47 Å². The van der Waals surface area contributed by atoms with Crippen molar-refractivity contribution in [3.63, 3.8) is 0 Å². The molecule has 1 aromatic carbocycles. The van der Waals surface area contributed by atoms with Gasteiger partial charge in [0.05, 0.1) is 19.8 Å². The van der Waals surface area contributed by atoms with Crippen LogP contribution in [0, 0.1) is 0 Å². The lowest BCUT2D eigenvalue weighted by Gasteiger charge is -2.08. The summed E-state index contributed by atoms with van der Waals surface area (Å²) in [5, 5.41) is 3.30. The highest BCUT2D eigenvalue weighted by Crippen LogP contribution is 2.09. The SMILES string of the molecule is C=C(CNCCOCCOC)c1ccccc1. The van der Waals surface area contributed by atoms with Crippen molar-refractivity contribution in [3.8, 4) is 0 Å². The topological polar surface area (TPSA) is 30.5 Å². The first-order valence-corrected chi connectivity index (χ1v) is 5.85. The van der Waals surface area contributed by atoms with E-state index in [0.29, 0.717) is 19.8 Å². The van der Waals surface area contributed by atoms with E-state index in [1.807, 2.05) is 18.2 Å². The summed E-state index contributed by atoms with van der Waals surface area (Å²) < 4.78 is 10.2. The molecule has 0 spiro atoms. The second-order valence-electron chi connectivity index (χ2n) is 3.75. The lowest BCUT2D eigenvalue weighted by Crippen LogP contribution is -2.22. The van der Waals surface area contributed by atoms with Gasteiger partial charge in [-0.3, -0.25) is 0 Å². The molecule has 0 amide bonds. The van der Waals surface area contributed by atoms with Crippen LogP contribution in [0.4, 0.5) is 0 Å². The van der Waals surface area contributed by atoms with Crippen LogP contribution in [0.25, 0.3) is 5.57 Å². The smallest absolute Gasteiger partial charge is 0.0700 e. The van der Waals surface area contributed by atoms with E-state index in [1.54, 1.807) is 7.11 Å². The molecule has 17 heavy (non-hydrogen) atoms. The summed E-state index contributed by atoms with van der Waals surface area (Å²) in [5.41, 5.74) is 2.28. The third-order valence-corrected chi connectivity index (χ3v) is 2.38. The van der Waals surface area contributed by atoms with Gasteiger partial charge in [0.2, 0.25) is 0 Å². The monoisotopic (exact) mass is 235 g/mol. The van der Waals surface area contributed by atoms with Gasteiger partial charge in [-0.05, 0) is 11.1 Å². The number of methoxy groups -OCH3 is 1. The third kappa shape index (κ3) is 6.22. The van der Waals surface area contributed by atoms with Gasteiger partial charge in [0.1, 0.15) is 0 Å². The lowest BCUT2D eigenvalue weighted by molar-refractivity contribution is 0.0723. The van der Waals surface area contributed by atoms with E-state index in [0.717, 1.165) is 18.7 Å². The van der Waals surface area contributed by atoms with Gasteiger partial charge in [-0.25, -0.2) is 0 Å². The van der Waals surface area contributed by atoms with Crippen LogP contribution in [-0.4, -0.2) is 40.0 Å². The second-order valence-corrected chi connectivity index (χ2v) is 3.75. The zero-order chi connectivity index (χ0) is 12.3. The van der Waals surface area contributed by atoms with Crippen LogP contribution in [0.15, 0.2) is 36.9 Å². The van der Waals surface area contributed by atoms with Crippen molar-refractivity contribution in [2.24, 2.45) is 0 Å². The van der Waals surface area contributed by atoms with Gasteiger partial charge in [0.15, 0.2) is 0 Å². The number of rotatable bonds is 9. The Balaban J connectivity index is 2.05. The van der Waals surface area contributed by atoms with Crippen molar-refractivity contribution in [2.45, 2.75) is 0 Å². The first kappa shape index (κ1) is 13.9. The standard InChI is InChI=1S/C14H21NO2/c1-13(14-6-4-3-5-7-14)12-15-8-9-17-11-10-16-2/h3-7,15H,1,8-12H2,2H3. The van der Waals surface area contributed by atoms with E-state index in [1.165, 1.54) is 5.56 Å². The molecule has 3 heteroatoms. The summed E-state index contributed by atoms with van der Waals surface area (Å²) in [7, 11) is 1.67. The number of nitrogens with one attached hydrogen (secondary N) is 1. The van der Waals surface area contributed by atoms with E-state index in [4.69, 9.17) is 9.47 Å². The van der Waals surface area contributed by atoms with Gasteiger partial charge >= 0.3 is 0 Å². The first-order chi connectivity index (χ1) is 8.34. The Morgan fingerprint density at radius 2 is 1.94 bits per heavy atom. The fraction of sp³-hybridized carbons (Fsp3) is 0.429. The Kier molecular flexibility index (Phi) is 7.30. The molecular formula is C14H21NO2. The van der Waals surface area contributed by atoms with E-state index in [9.17, 15) is 0 Å². The summed E-state index contributed by atoms with van der Waals surface area (Å²) in [4.78, 5) is 0. The van der Waals surface area contributed by atoms with Crippen molar-refractivity contribution in [2.75, 3.05) is 40.0 Å². The zero-order valence-electron chi connectivity index (χ0n) is 10.4. The molecule has 3 nitrogen and oxygen atoms in total. The number of hydrogen-bond acceptors (Lipinski definition) is 3. The molecule has 0 saturated heterocycles. The molecule has 0 aliphatic heterocycles. The molecule has 0 aliphatic rings. The van der Waals surface area contributed by atoms with Gasteiger partial charge in [-0.15, -0.1) is 0 Å². The van der Waals surface area contributed by atoms with Gasteiger partial charge < -0.3 is 14.8 Å². The largest absolute Gasteiger partial charge is 0.382 e. The fourth-order valence-corrected chi connectivity index (χ4v) is 1.40. The summed E-state index contributed by atoms with van der Waals surface area (Å²) in [6.45, 7) is 7.67. The maximum Gasteiger partial charge on any atom is 0.0700 e. The Labute approximate surface area is 103 Å². The summed E-state index contributed by atoms with van der Waals surface area (Å²) in [5.74, 6) is 0. The average molecular weight is 235 g/mol. The summed E-state index contributed by atoms with van der Waals surface area (Å²) in [6, 6.07) is 10.2. The highest BCUT2D eigenvalue weighted by Gasteiger charge is 1.96. The minimum atomic E-state index is 0.650. The number of ether oxygens (including phenoxy) is 2. The molecule has 1 rings (SSSR count). The molecule has 94 valence electrons. The minimum Gasteiger partial charge on any atom is -0.382 e. The molecular weight excluding hydrogens is 214 g/mol. The minimum absolute atomic E-state index is 0.650. The van der Waals surface area contributed by atoms with Crippen LogP contribution in [0.1, 0.15) is 5.56 Å².